The molecule has 7 heteroatoms. The molecular formula is C14H17F2N3O2. The minimum Gasteiger partial charge on any atom is -0.490 e. The number of hydrogen-bond donors (Lipinski definition) is 1. The highest BCUT2D eigenvalue weighted by Crippen LogP contribution is 2.30. The topological polar surface area (TPSA) is 48.3 Å². The number of ether oxygens (including phenoxy) is 2. The van der Waals surface area contributed by atoms with E-state index in [-0.39, 0.29) is 5.75 Å². The number of anilines is 1. The summed E-state index contributed by atoms with van der Waals surface area (Å²) < 4.78 is 36.1. The molecule has 5 nitrogen and oxygen atoms in total. The standard InChI is InChI=1S/C14H17F2N3O2/c1-3-20-13-6-10(4-5-12(13)21-14(15)16)7-17-11-8-18-19(2)9-11/h4-6,8-9,14,17H,3,7H2,1-2H3. The number of alkyl halides is 2. The summed E-state index contributed by atoms with van der Waals surface area (Å²) in [6, 6.07) is 4.88. The van der Waals surface area contributed by atoms with Crippen LogP contribution in [0.1, 0.15) is 12.5 Å². The second kappa shape index (κ2) is 6.92. The van der Waals surface area contributed by atoms with Crippen LogP contribution in [-0.2, 0) is 13.6 Å². The minimum absolute atomic E-state index is 0.0389. The van der Waals surface area contributed by atoms with Crippen molar-refractivity contribution >= 4 is 5.69 Å². The van der Waals surface area contributed by atoms with Crippen LogP contribution < -0.4 is 14.8 Å². The van der Waals surface area contributed by atoms with Gasteiger partial charge in [-0.2, -0.15) is 13.9 Å². The summed E-state index contributed by atoms with van der Waals surface area (Å²) >= 11 is 0. The third kappa shape index (κ3) is 4.34. The van der Waals surface area contributed by atoms with Crippen molar-refractivity contribution in [1.82, 2.24) is 9.78 Å². The van der Waals surface area contributed by atoms with Gasteiger partial charge in [0, 0.05) is 19.8 Å². The smallest absolute Gasteiger partial charge is 0.387 e. The fourth-order valence-electron chi connectivity index (χ4n) is 1.84. The number of hydrogen-bond acceptors (Lipinski definition) is 4. The van der Waals surface area contributed by atoms with Crippen LogP contribution in [0.15, 0.2) is 30.6 Å². The van der Waals surface area contributed by atoms with E-state index in [1.807, 2.05) is 13.2 Å². The highest BCUT2D eigenvalue weighted by atomic mass is 19.3. The molecule has 0 fully saturated rings. The van der Waals surface area contributed by atoms with E-state index in [0.29, 0.717) is 18.9 Å². The van der Waals surface area contributed by atoms with Crippen LogP contribution in [0.4, 0.5) is 14.5 Å². The van der Waals surface area contributed by atoms with Crippen LogP contribution in [0.5, 0.6) is 11.5 Å². The van der Waals surface area contributed by atoms with Crippen molar-refractivity contribution in [3.8, 4) is 11.5 Å². The maximum atomic E-state index is 12.3. The minimum atomic E-state index is -2.87. The van der Waals surface area contributed by atoms with Gasteiger partial charge < -0.3 is 14.8 Å². The van der Waals surface area contributed by atoms with Crippen LogP contribution in [0, 0.1) is 0 Å². The summed E-state index contributed by atoms with van der Waals surface area (Å²) in [7, 11) is 1.83. The lowest BCUT2D eigenvalue weighted by molar-refractivity contribution is -0.0514. The highest BCUT2D eigenvalue weighted by Gasteiger charge is 2.11. The molecule has 114 valence electrons. The average molecular weight is 297 g/mol. The van der Waals surface area contributed by atoms with E-state index < -0.39 is 6.61 Å². The fraction of sp³-hybridized carbons (Fsp3) is 0.357. The molecule has 2 rings (SSSR count). The van der Waals surface area contributed by atoms with Crippen molar-refractivity contribution in [3.63, 3.8) is 0 Å². The number of aromatic nitrogens is 2. The molecule has 0 aliphatic carbocycles. The maximum absolute atomic E-state index is 12.3. The Hall–Kier alpha value is -2.31. The van der Waals surface area contributed by atoms with Crippen molar-refractivity contribution in [2.24, 2.45) is 7.05 Å². The second-order valence-electron chi connectivity index (χ2n) is 4.35. The van der Waals surface area contributed by atoms with Crippen molar-refractivity contribution in [3.05, 3.63) is 36.2 Å². The maximum Gasteiger partial charge on any atom is 0.387 e. The van der Waals surface area contributed by atoms with Crippen LogP contribution in [0.25, 0.3) is 0 Å². The first-order valence-corrected chi connectivity index (χ1v) is 6.51. The van der Waals surface area contributed by atoms with Gasteiger partial charge in [0.2, 0.25) is 0 Å². The van der Waals surface area contributed by atoms with Crippen LogP contribution in [0.2, 0.25) is 0 Å². The van der Waals surface area contributed by atoms with Crippen molar-refractivity contribution in [1.29, 1.82) is 0 Å². The van der Waals surface area contributed by atoms with Gasteiger partial charge in [-0.25, -0.2) is 0 Å². The van der Waals surface area contributed by atoms with Crippen LogP contribution >= 0.6 is 0 Å². The number of halogens is 2. The number of nitrogens with zero attached hydrogens (tertiary/aromatic N) is 2. The molecule has 1 aromatic heterocycles. The van der Waals surface area contributed by atoms with Gasteiger partial charge in [0.1, 0.15) is 0 Å². The van der Waals surface area contributed by atoms with Gasteiger partial charge in [-0.15, -0.1) is 0 Å². The molecule has 0 saturated heterocycles. The molecule has 1 aromatic carbocycles. The first-order chi connectivity index (χ1) is 10.1. The van der Waals surface area contributed by atoms with Gasteiger partial charge >= 0.3 is 6.61 Å². The Bertz CT molecular complexity index is 587. The molecule has 0 saturated carbocycles. The summed E-state index contributed by atoms with van der Waals surface area (Å²) in [5, 5.41) is 7.23. The van der Waals surface area contributed by atoms with E-state index in [2.05, 4.69) is 15.2 Å². The summed E-state index contributed by atoms with van der Waals surface area (Å²) in [5.74, 6) is 0.347. The lowest BCUT2D eigenvalue weighted by atomic mass is 10.2. The molecule has 0 amide bonds. The van der Waals surface area contributed by atoms with Gasteiger partial charge in [0.05, 0.1) is 18.5 Å². The van der Waals surface area contributed by atoms with E-state index in [4.69, 9.17) is 4.74 Å². The Morgan fingerprint density at radius 2 is 2.14 bits per heavy atom. The molecule has 0 unspecified atom stereocenters. The van der Waals surface area contributed by atoms with Gasteiger partial charge in [-0.1, -0.05) is 6.07 Å². The molecule has 0 bridgehead atoms. The zero-order valence-corrected chi connectivity index (χ0v) is 11.8. The van der Waals surface area contributed by atoms with E-state index in [1.165, 1.54) is 6.07 Å². The second-order valence-corrected chi connectivity index (χ2v) is 4.35. The Kier molecular flexibility index (Phi) is 4.97. The van der Waals surface area contributed by atoms with Crippen LogP contribution in [0.3, 0.4) is 0 Å². The molecule has 21 heavy (non-hydrogen) atoms. The first-order valence-electron chi connectivity index (χ1n) is 6.51. The normalized spacial score (nSPS) is 10.7. The third-order valence-electron chi connectivity index (χ3n) is 2.73. The Morgan fingerprint density at radius 1 is 1.33 bits per heavy atom. The van der Waals surface area contributed by atoms with Gasteiger partial charge in [0.25, 0.3) is 0 Å². The quantitative estimate of drug-likeness (QED) is 0.853. The predicted octanol–water partition coefficient (Wildman–Crippen LogP) is 3.03. The summed E-state index contributed by atoms with van der Waals surface area (Å²) in [6.07, 6.45) is 3.55. The average Bonchev–Trinajstić information content (AvgIpc) is 2.84. The van der Waals surface area contributed by atoms with Gasteiger partial charge in [-0.05, 0) is 24.6 Å². The summed E-state index contributed by atoms with van der Waals surface area (Å²) in [5.41, 5.74) is 1.77. The van der Waals surface area contributed by atoms with E-state index in [9.17, 15) is 8.78 Å². The molecule has 0 spiro atoms. The van der Waals surface area contributed by atoms with Crippen molar-refractivity contribution in [2.75, 3.05) is 11.9 Å². The zero-order valence-electron chi connectivity index (χ0n) is 11.8. The molecule has 0 radical (unpaired) electrons. The van der Waals surface area contributed by atoms with E-state index in [1.54, 1.807) is 29.9 Å². The van der Waals surface area contributed by atoms with E-state index >= 15 is 0 Å². The van der Waals surface area contributed by atoms with Gasteiger partial charge in [0.15, 0.2) is 11.5 Å². The molecule has 1 heterocycles. The predicted molar refractivity (Wildman–Crippen MR) is 74.8 cm³/mol. The lowest BCUT2D eigenvalue weighted by Crippen LogP contribution is -2.06. The van der Waals surface area contributed by atoms with Crippen molar-refractivity contribution < 1.29 is 18.3 Å². The third-order valence-corrected chi connectivity index (χ3v) is 2.73. The fourth-order valence-corrected chi connectivity index (χ4v) is 1.84. The Labute approximate surface area is 121 Å². The molecular weight excluding hydrogens is 280 g/mol. The molecule has 2 aromatic rings. The molecule has 1 N–H and O–H groups in total. The summed E-state index contributed by atoms with van der Waals surface area (Å²) in [4.78, 5) is 0. The van der Waals surface area contributed by atoms with Crippen LogP contribution in [-0.4, -0.2) is 23.0 Å². The monoisotopic (exact) mass is 297 g/mol. The van der Waals surface area contributed by atoms with E-state index in [0.717, 1.165) is 11.3 Å². The largest absolute Gasteiger partial charge is 0.490 e. The SMILES string of the molecule is CCOc1cc(CNc2cnn(C)c2)ccc1OC(F)F. The molecule has 0 aliphatic rings. The van der Waals surface area contributed by atoms with Crippen molar-refractivity contribution in [2.45, 2.75) is 20.1 Å². The summed E-state index contributed by atoms with van der Waals surface area (Å²) in [6.45, 7) is -0.185. The lowest BCUT2D eigenvalue weighted by Gasteiger charge is -2.13. The Balaban J connectivity index is 2.07. The molecule has 0 atom stereocenters. The zero-order chi connectivity index (χ0) is 15.2. The number of aryl methyl sites for hydroxylation is 1. The molecule has 0 aliphatic heterocycles. The number of nitrogens with one attached hydrogen (secondary N) is 1. The highest BCUT2D eigenvalue weighted by molar-refractivity contribution is 5.45. The number of rotatable bonds is 7. The van der Waals surface area contributed by atoms with Gasteiger partial charge in [-0.3, -0.25) is 4.68 Å². The number of benzene rings is 1. The Morgan fingerprint density at radius 3 is 2.76 bits per heavy atom. The first kappa shape index (κ1) is 15.1.